The number of ether oxygens (including phenoxy) is 1. The number of aliphatic hydroxyl groups is 1. The molecule has 1 aliphatic heterocycles. The smallest absolute Gasteiger partial charge is 0.408 e. The van der Waals surface area contributed by atoms with Crippen molar-refractivity contribution < 1.29 is 19.2 Å². The Morgan fingerprint density at radius 3 is 2.40 bits per heavy atom. The van der Waals surface area contributed by atoms with Crippen molar-refractivity contribution in [2.45, 2.75) is 83.5 Å². The first kappa shape index (κ1) is 28.2. The molecule has 1 amide bonds. The zero-order valence-electron chi connectivity index (χ0n) is 24.6. The quantitative estimate of drug-likeness (QED) is 0.403. The Kier molecular flexibility index (Phi) is 7.03. The maximum atomic E-state index is 12.5. The summed E-state index contributed by atoms with van der Waals surface area (Å²) in [4.78, 5) is 23.6. The number of alkyl carbamates (subject to hydrolysis) is 1. The Morgan fingerprint density at radius 1 is 1.15 bits per heavy atom. The number of nitrogens with zero attached hydrogens (tertiary/aromatic N) is 4. The minimum atomic E-state index is -1.26. The summed E-state index contributed by atoms with van der Waals surface area (Å²) in [5.74, 6) is 1.23. The van der Waals surface area contributed by atoms with Crippen molar-refractivity contribution in [3.05, 3.63) is 65.3 Å². The second kappa shape index (κ2) is 9.96. The van der Waals surface area contributed by atoms with Crippen LogP contribution in [0.25, 0.3) is 11.4 Å². The van der Waals surface area contributed by atoms with Gasteiger partial charge in [0.05, 0.1) is 12.0 Å². The summed E-state index contributed by atoms with van der Waals surface area (Å²) in [5, 5.41) is 19.7. The first-order chi connectivity index (χ1) is 18.7. The molecule has 0 radical (unpaired) electrons. The topological polar surface area (TPSA) is 114 Å². The lowest BCUT2D eigenvalue weighted by Gasteiger charge is -2.55. The molecule has 0 bridgehead atoms. The highest BCUT2D eigenvalue weighted by Gasteiger charge is 2.55. The number of hydrogen-bond acceptors (Lipinski definition) is 8. The predicted molar refractivity (Wildman–Crippen MR) is 152 cm³/mol. The van der Waals surface area contributed by atoms with Gasteiger partial charge in [-0.2, -0.15) is 4.98 Å². The zero-order valence-corrected chi connectivity index (χ0v) is 24.6. The monoisotopic (exact) mass is 547 g/mol. The van der Waals surface area contributed by atoms with Crippen LogP contribution in [0.2, 0.25) is 0 Å². The van der Waals surface area contributed by atoms with Gasteiger partial charge >= 0.3 is 6.09 Å². The summed E-state index contributed by atoms with van der Waals surface area (Å²) in [5.41, 5.74) is 0.738. The minimum absolute atomic E-state index is 0.394. The van der Waals surface area contributed by atoms with Crippen molar-refractivity contribution in [2.75, 3.05) is 20.1 Å². The zero-order chi connectivity index (χ0) is 28.9. The summed E-state index contributed by atoms with van der Waals surface area (Å²) in [6.45, 7) is 13.5. The molecule has 2 aromatic heterocycles. The van der Waals surface area contributed by atoms with Crippen LogP contribution in [0.1, 0.15) is 82.9 Å². The van der Waals surface area contributed by atoms with Gasteiger partial charge in [-0.25, -0.2) is 4.79 Å². The Morgan fingerprint density at radius 2 is 1.82 bits per heavy atom. The van der Waals surface area contributed by atoms with E-state index in [1.165, 1.54) is 5.56 Å². The maximum Gasteiger partial charge on any atom is 0.408 e. The molecule has 214 valence electrons. The number of rotatable bonds is 8. The molecule has 0 unspecified atom stereocenters. The van der Waals surface area contributed by atoms with Gasteiger partial charge in [-0.05, 0) is 63.8 Å². The minimum Gasteiger partial charge on any atom is -0.444 e. The molecule has 1 aromatic carbocycles. The van der Waals surface area contributed by atoms with Crippen molar-refractivity contribution in [3.8, 4) is 11.4 Å². The van der Waals surface area contributed by atoms with Gasteiger partial charge in [0.15, 0.2) is 0 Å². The van der Waals surface area contributed by atoms with E-state index in [1.807, 2.05) is 39.0 Å². The van der Waals surface area contributed by atoms with Gasteiger partial charge in [0, 0.05) is 42.0 Å². The van der Waals surface area contributed by atoms with Crippen molar-refractivity contribution >= 4 is 6.09 Å². The summed E-state index contributed by atoms with van der Waals surface area (Å²) in [6, 6.07) is 10.2. The molecule has 40 heavy (non-hydrogen) atoms. The van der Waals surface area contributed by atoms with Crippen LogP contribution in [-0.2, 0) is 16.8 Å². The molecule has 1 atom stereocenters. The molecular formula is C31H41N5O4. The molecule has 1 aliphatic carbocycles. The van der Waals surface area contributed by atoms with Crippen molar-refractivity contribution in [1.29, 1.82) is 0 Å². The summed E-state index contributed by atoms with van der Waals surface area (Å²) in [7, 11) is 2.06. The summed E-state index contributed by atoms with van der Waals surface area (Å²) < 4.78 is 11.0. The van der Waals surface area contributed by atoms with E-state index >= 15 is 0 Å². The van der Waals surface area contributed by atoms with E-state index in [-0.39, 0.29) is 0 Å². The molecule has 0 spiro atoms. The summed E-state index contributed by atoms with van der Waals surface area (Å²) in [6.07, 6.45) is 5.02. The average Bonchev–Trinajstić information content (AvgIpc) is 3.44. The number of amides is 1. The van der Waals surface area contributed by atoms with E-state index in [2.05, 4.69) is 65.3 Å². The average molecular weight is 548 g/mol. The van der Waals surface area contributed by atoms with Gasteiger partial charge in [-0.3, -0.25) is 4.98 Å². The van der Waals surface area contributed by atoms with Crippen LogP contribution >= 0.6 is 0 Å². The molecule has 9 nitrogen and oxygen atoms in total. The SMILES string of the molecule is CC(C)c1ccc([C@](O)(c2cncc(-c3noc(CC4(NC(=O)OC(C)(C)C)CC4)n3)c2)C2(C)CN(C)C2)cc1. The number of likely N-dealkylation sites (tertiary alicyclic amines) is 1. The lowest BCUT2D eigenvalue weighted by molar-refractivity contribution is -0.127. The molecule has 5 rings (SSSR count). The number of benzene rings is 1. The lowest BCUT2D eigenvalue weighted by Crippen LogP contribution is -2.63. The maximum absolute atomic E-state index is 12.5. The predicted octanol–water partition coefficient (Wildman–Crippen LogP) is 5.04. The molecular weight excluding hydrogens is 506 g/mol. The molecule has 1 saturated carbocycles. The van der Waals surface area contributed by atoms with Crippen molar-refractivity contribution in [2.24, 2.45) is 5.41 Å². The largest absolute Gasteiger partial charge is 0.444 e. The fraction of sp³-hybridized carbons (Fsp3) is 0.548. The van der Waals surface area contributed by atoms with Crippen molar-refractivity contribution in [3.63, 3.8) is 0 Å². The fourth-order valence-electron chi connectivity index (χ4n) is 5.86. The molecule has 3 aromatic rings. The van der Waals surface area contributed by atoms with Gasteiger partial charge < -0.3 is 24.6 Å². The van der Waals surface area contributed by atoms with E-state index < -0.39 is 28.2 Å². The Bertz CT molecular complexity index is 1370. The van der Waals surface area contributed by atoms with Crippen LogP contribution in [0.3, 0.4) is 0 Å². The Labute approximate surface area is 236 Å². The molecule has 2 N–H and O–H groups in total. The van der Waals surface area contributed by atoms with Gasteiger partial charge in [0.1, 0.15) is 11.2 Å². The first-order valence-electron chi connectivity index (χ1n) is 14.0. The molecule has 3 heterocycles. The highest BCUT2D eigenvalue weighted by Crippen LogP contribution is 2.50. The van der Waals surface area contributed by atoms with Crippen LogP contribution < -0.4 is 5.32 Å². The molecule has 2 fully saturated rings. The Balaban J connectivity index is 1.41. The summed E-state index contributed by atoms with van der Waals surface area (Å²) >= 11 is 0. The van der Waals surface area contributed by atoms with Gasteiger partial charge in [0.25, 0.3) is 0 Å². The van der Waals surface area contributed by atoms with Crippen LogP contribution in [-0.4, -0.2) is 62.5 Å². The van der Waals surface area contributed by atoms with E-state index in [0.29, 0.717) is 35.2 Å². The van der Waals surface area contributed by atoms with Gasteiger partial charge in [-0.1, -0.05) is 50.2 Å². The van der Waals surface area contributed by atoms with E-state index in [0.717, 1.165) is 31.5 Å². The third-order valence-electron chi connectivity index (χ3n) is 8.10. The highest BCUT2D eigenvalue weighted by molar-refractivity contribution is 5.69. The van der Waals surface area contributed by atoms with Crippen LogP contribution in [0.4, 0.5) is 4.79 Å². The van der Waals surface area contributed by atoms with E-state index in [1.54, 1.807) is 12.4 Å². The standard InChI is InChI=1S/C31H41N5O4/c1-20(2)21-8-10-23(11-9-21)31(38,29(6)18-36(7)19-29)24-14-22(16-32-17-24)26-33-25(40-35-26)15-30(12-13-30)34-27(37)39-28(3,4)5/h8-11,14,16-17,20,38H,12-13,15,18-19H2,1-7H3,(H,34,37)/t31-/m0/s1. The van der Waals surface area contributed by atoms with E-state index in [9.17, 15) is 9.90 Å². The first-order valence-corrected chi connectivity index (χ1v) is 14.0. The fourth-order valence-corrected chi connectivity index (χ4v) is 5.86. The highest BCUT2D eigenvalue weighted by atomic mass is 16.6. The third-order valence-corrected chi connectivity index (χ3v) is 8.10. The number of hydrogen-bond donors (Lipinski definition) is 2. The van der Waals surface area contributed by atoms with Crippen molar-refractivity contribution in [1.82, 2.24) is 25.3 Å². The number of aromatic nitrogens is 3. The van der Waals surface area contributed by atoms with E-state index in [4.69, 9.17) is 9.26 Å². The second-order valence-electron chi connectivity index (χ2n) is 13.3. The van der Waals surface area contributed by atoms with Crippen LogP contribution in [0, 0.1) is 5.41 Å². The second-order valence-corrected chi connectivity index (χ2v) is 13.3. The number of carbonyl (C=O) groups is 1. The molecule has 1 saturated heterocycles. The van der Waals surface area contributed by atoms with Crippen LogP contribution in [0.5, 0.6) is 0 Å². The molecule has 9 heteroatoms. The Hall–Kier alpha value is -3.30. The normalized spacial score (nSPS) is 19.5. The van der Waals surface area contributed by atoms with Gasteiger partial charge in [-0.15, -0.1) is 0 Å². The lowest BCUT2D eigenvalue weighted by atomic mass is 9.62. The van der Waals surface area contributed by atoms with Gasteiger partial charge in [0.2, 0.25) is 11.7 Å². The number of nitrogens with one attached hydrogen (secondary N) is 1. The number of carbonyl (C=O) groups excluding carboxylic acids is 1. The third kappa shape index (κ3) is 5.49. The van der Waals surface area contributed by atoms with Crippen LogP contribution in [0.15, 0.2) is 47.2 Å². The molecule has 2 aliphatic rings. The number of pyridine rings is 1.